The lowest BCUT2D eigenvalue weighted by Crippen LogP contribution is -2.36. The maximum atomic E-state index is 12.3. The summed E-state index contributed by atoms with van der Waals surface area (Å²) in [5, 5.41) is 0. The summed E-state index contributed by atoms with van der Waals surface area (Å²) < 4.78 is 73.6. The molecule has 124 valence electrons. The van der Waals surface area contributed by atoms with E-state index in [0.717, 1.165) is 0 Å². The predicted octanol–water partition coefficient (Wildman–Crippen LogP) is 1.74. The van der Waals surface area contributed by atoms with Crippen molar-refractivity contribution in [2.75, 3.05) is 6.61 Å². The molecule has 1 aliphatic rings. The molecule has 1 heterocycles. The smallest absolute Gasteiger partial charge is 0.348 e. The molecule has 2 atom stereocenters. The number of carbonyl (C=O) groups is 1. The molecule has 0 aromatic heterocycles. The summed E-state index contributed by atoms with van der Waals surface area (Å²) in [5.41, 5.74) is -5.58. The Morgan fingerprint density at radius 3 is 2.38 bits per heavy atom. The van der Waals surface area contributed by atoms with Gasteiger partial charge in [-0.05, 0) is 13.8 Å². The molecule has 0 saturated carbocycles. The summed E-state index contributed by atoms with van der Waals surface area (Å²) in [4.78, 5) is 11.6. The van der Waals surface area contributed by atoms with E-state index in [1.807, 2.05) is 0 Å². The Morgan fingerprint density at radius 1 is 1.43 bits per heavy atom. The Kier molecular flexibility index (Phi) is 5.40. The third kappa shape index (κ3) is 4.90. The molecule has 0 bridgehead atoms. The quantitative estimate of drug-likeness (QED) is 0.544. The first-order valence-corrected chi connectivity index (χ1v) is 7.63. The van der Waals surface area contributed by atoms with Gasteiger partial charge in [-0.15, -0.1) is 0 Å². The van der Waals surface area contributed by atoms with E-state index < -0.39 is 39.4 Å². The van der Waals surface area contributed by atoms with E-state index in [2.05, 4.69) is 4.18 Å². The number of ether oxygens (including phenoxy) is 2. The second kappa shape index (κ2) is 6.19. The molecule has 0 amide bonds. The summed E-state index contributed by atoms with van der Waals surface area (Å²) in [7, 11) is -5.84. The normalized spacial score (nSPS) is 24.0. The number of alkyl halides is 3. The number of Topliss-reactive ketones (excluding diaryl/α,β-unsaturated/α-hetero) is 1. The molecule has 0 radical (unpaired) electrons. The van der Waals surface area contributed by atoms with Crippen LogP contribution in [-0.2, 0) is 28.6 Å². The highest BCUT2D eigenvalue weighted by Gasteiger charge is 2.50. The molecule has 6 nitrogen and oxygen atoms in total. The Morgan fingerprint density at radius 2 is 2.00 bits per heavy atom. The van der Waals surface area contributed by atoms with Crippen LogP contribution in [0.1, 0.15) is 33.6 Å². The average Bonchev–Trinajstić information content (AvgIpc) is 2.65. The molecule has 1 fully saturated rings. The second-order valence-electron chi connectivity index (χ2n) is 4.99. The van der Waals surface area contributed by atoms with Crippen LogP contribution in [-0.4, -0.2) is 44.3 Å². The number of carbonyl (C=O) groups excluding carboxylic acids is 1. The van der Waals surface area contributed by atoms with E-state index >= 15 is 0 Å². The molecule has 1 aliphatic heterocycles. The van der Waals surface area contributed by atoms with Gasteiger partial charge in [0, 0.05) is 12.8 Å². The molecular weight excluding hydrogens is 317 g/mol. The summed E-state index contributed by atoms with van der Waals surface area (Å²) in [5.74, 6) is -1.69. The highest BCUT2D eigenvalue weighted by atomic mass is 32.2. The van der Waals surface area contributed by atoms with Crippen molar-refractivity contribution in [2.24, 2.45) is 0 Å². The monoisotopic (exact) mass is 334 g/mol. The van der Waals surface area contributed by atoms with Gasteiger partial charge in [0.15, 0.2) is 11.6 Å². The van der Waals surface area contributed by atoms with Crippen LogP contribution in [0.25, 0.3) is 0 Å². The van der Waals surface area contributed by atoms with Gasteiger partial charge >= 0.3 is 15.6 Å². The molecule has 0 aromatic carbocycles. The van der Waals surface area contributed by atoms with E-state index in [0.29, 0.717) is 0 Å². The van der Waals surface area contributed by atoms with E-state index in [4.69, 9.17) is 9.47 Å². The SMILES string of the molecule is CCC(=O)[C@H](C[C@H]1COC(C)(C)O1)OS(=O)(=O)C(F)(F)F. The van der Waals surface area contributed by atoms with Crippen molar-refractivity contribution in [3.63, 3.8) is 0 Å². The fraction of sp³-hybridized carbons (Fsp3) is 0.909. The van der Waals surface area contributed by atoms with Crippen LogP contribution < -0.4 is 0 Å². The third-order valence-corrected chi connectivity index (χ3v) is 3.83. The van der Waals surface area contributed by atoms with Crippen LogP contribution in [0.2, 0.25) is 0 Å². The van der Waals surface area contributed by atoms with E-state index in [-0.39, 0.29) is 19.4 Å². The van der Waals surface area contributed by atoms with Gasteiger partial charge in [-0.3, -0.25) is 8.98 Å². The first kappa shape index (κ1) is 18.3. The zero-order valence-electron chi connectivity index (χ0n) is 11.8. The molecule has 21 heavy (non-hydrogen) atoms. The molecule has 0 unspecified atom stereocenters. The van der Waals surface area contributed by atoms with Gasteiger partial charge in [0.2, 0.25) is 0 Å². The van der Waals surface area contributed by atoms with Gasteiger partial charge in [-0.25, -0.2) is 0 Å². The highest BCUT2D eigenvalue weighted by Crippen LogP contribution is 2.30. The average molecular weight is 334 g/mol. The van der Waals surface area contributed by atoms with E-state index in [1.165, 1.54) is 6.92 Å². The van der Waals surface area contributed by atoms with E-state index in [1.54, 1.807) is 13.8 Å². The number of ketones is 1. The van der Waals surface area contributed by atoms with Crippen molar-refractivity contribution < 1.29 is 40.0 Å². The summed E-state index contributed by atoms with van der Waals surface area (Å²) >= 11 is 0. The number of hydrogen-bond donors (Lipinski definition) is 0. The van der Waals surface area contributed by atoms with E-state index in [9.17, 15) is 26.4 Å². The van der Waals surface area contributed by atoms with Crippen LogP contribution in [0.15, 0.2) is 0 Å². The summed E-state index contributed by atoms with van der Waals surface area (Å²) in [6, 6.07) is 0. The fourth-order valence-electron chi connectivity index (χ4n) is 1.78. The van der Waals surface area contributed by atoms with Crippen LogP contribution in [0.3, 0.4) is 0 Å². The number of halogens is 3. The zero-order chi connectivity index (χ0) is 16.5. The largest absolute Gasteiger partial charge is 0.523 e. The minimum absolute atomic E-state index is 0.0376. The van der Waals surface area contributed by atoms with Crippen molar-refractivity contribution >= 4 is 15.9 Å². The van der Waals surface area contributed by atoms with Crippen LogP contribution >= 0.6 is 0 Å². The van der Waals surface area contributed by atoms with Crippen LogP contribution in [0.5, 0.6) is 0 Å². The lowest BCUT2D eigenvalue weighted by Gasteiger charge is -2.21. The fourth-order valence-corrected chi connectivity index (χ4v) is 2.38. The van der Waals surface area contributed by atoms with Crippen LogP contribution in [0.4, 0.5) is 13.2 Å². The predicted molar refractivity (Wildman–Crippen MR) is 64.7 cm³/mol. The highest BCUT2D eigenvalue weighted by molar-refractivity contribution is 7.87. The van der Waals surface area contributed by atoms with Gasteiger partial charge in [0.1, 0.15) is 6.10 Å². The van der Waals surface area contributed by atoms with Crippen molar-refractivity contribution in [2.45, 2.75) is 57.1 Å². The van der Waals surface area contributed by atoms with Gasteiger partial charge in [-0.2, -0.15) is 21.6 Å². The molecule has 1 rings (SSSR count). The molecule has 0 spiro atoms. The zero-order valence-corrected chi connectivity index (χ0v) is 12.6. The second-order valence-corrected chi connectivity index (χ2v) is 6.55. The van der Waals surface area contributed by atoms with Crippen molar-refractivity contribution in [3.8, 4) is 0 Å². The van der Waals surface area contributed by atoms with Crippen LogP contribution in [0, 0.1) is 0 Å². The minimum Gasteiger partial charge on any atom is -0.348 e. The topological polar surface area (TPSA) is 78.9 Å². The number of hydrogen-bond acceptors (Lipinski definition) is 6. The lowest BCUT2D eigenvalue weighted by molar-refractivity contribution is -0.144. The first-order chi connectivity index (χ1) is 9.38. The standard InChI is InChI=1S/C11H17F3O6S/c1-4-8(15)9(20-21(16,17)11(12,13)14)5-7-6-18-10(2,3)19-7/h7,9H,4-6H2,1-3H3/t7-,9-/m0/s1. The lowest BCUT2D eigenvalue weighted by atomic mass is 10.1. The molecule has 10 heteroatoms. The van der Waals surface area contributed by atoms with Crippen molar-refractivity contribution in [1.82, 2.24) is 0 Å². The minimum atomic E-state index is -5.84. The van der Waals surface area contributed by atoms with Crippen molar-refractivity contribution in [1.29, 1.82) is 0 Å². The van der Waals surface area contributed by atoms with Gasteiger partial charge in [-0.1, -0.05) is 6.92 Å². The van der Waals surface area contributed by atoms with Gasteiger partial charge < -0.3 is 9.47 Å². The summed E-state index contributed by atoms with van der Waals surface area (Å²) in [6.07, 6.45) is -2.95. The maximum absolute atomic E-state index is 12.3. The molecule has 1 saturated heterocycles. The van der Waals surface area contributed by atoms with Gasteiger partial charge in [0.25, 0.3) is 0 Å². The Labute approximate surface area is 120 Å². The Bertz CT molecular complexity index is 485. The molecular formula is C11H17F3O6S. The molecule has 0 N–H and O–H groups in total. The molecule has 0 aliphatic carbocycles. The number of rotatable bonds is 6. The maximum Gasteiger partial charge on any atom is 0.523 e. The first-order valence-electron chi connectivity index (χ1n) is 6.22. The Hall–Kier alpha value is -0.710. The summed E-state index contributed by atoms with van der Waals surface area (Å²) in [6.45, 7) is 4.62. The van der Waals surface area contributed by atoms with Crippen molar-refractivity contribution in [3.05, 3.63) is 0 Å². The molecule has 0 aromatic rings. The Balaban J connectivity index is 2.81. The van der Waals surface area contributed by atoms with Gasteiger partial charge in [0.05, 0.1) is 12.7 Å². The third-order valence-electron chi connectivity index (χ3n) is 2.78.